The zero-order valence-corrected chi connectivity index (χ0v) is 29.5. The number of hydrogen-bond donors (Lipinski definition) is 1. The normalized spacial score (nSPS) is 14.6. The van der Waals surface area contributed by atoms with Crippen LogP contribution in [0.5, 0.6) is 0 Å². The summed E-state index contributed by atoms with van der Waals surface area (Å²) in [6, 6.07) is 58.6. The molecule has 8 aromatic carbocycles. The third-order valence-electron chi connectivity index (χ3n) is 11.8. The van der Waals surface area contributed by atoms with Crippen molar-refractivity contribution >= 4 is 32.9 Å². The van der Waals surface area contributed by atoms with Crippen LogP contribution in [0.25, 0.3) is 66.1 Å². The van der Waals surface area contributed by atoms with Crippen molar-refractivity contribution in [1.82, 2.24) is 0 Å². The van der Waals surface area contributed by atoms with Gasteiger partial charge in [-0.05, 0) is 131 Å². The maximum absolute atomic E-state index is 3.80. The average Bonchev–Trinajstić information content (AvgIpc) is 3.53. The highest BCUT2D eigenvalue weighted by Gasteiger charge is 2.37. The van der Waals surface area contributed by atoms with Crippen LogP contribution in [0.2, 0.25) is 0 Å². The fourth-order valence-electron chi connectivity index (χ4n) is 9.07. The third-order valence-corrected chi connectivity index (χ3v) is 11.8. The van der Waals surface area contributed by atoms with Crippen LogP contribution in [0.15, 0.2) is 158 Å². The molecule has 0 spiro atoms. The maximum Gasteiger partial charge on any atom is 0.0387 e. The Balaban J connectivity index is 0.983. The van der Waals surface area contributed by atoms with Crippen molar-refractivity contribution in [3.05, 3.63) is 180 Å². The largest absolute Gasteiger partial charge is 0.356 e. The van der Waals surface area contributed by atoms with Gasteiger partial charge in [0.2, 0.25) is 0 Å². The molecule has 1 heteroatoms. The molecule has 0 radical (unpaired) electrons. The molecule has 0 bridgehead atoms. The topological polar surface area (TPSA) is 12.0 Å². The molecule has 1 nitrogen and oxygen atoms in total. The maximum atomic E-state index is 3.80. The smallest absolute Gasteiger partial charge is 0.0387 e. The Morgan fingerprint density at radius 3 is 1.43 bits per heavy atom. The van der Waals surface area contributed by atoms with Gasteiger partial charge in [0.05, 0.1) is 0 Å². The first-order chi connectivity index (χ1) is 24.8. The van der Waals surface area contributed by atoms with E-state index in [9.17, 15) is 0 Å². The Hall–Kier alpha value is -5.92. The molecule has 0 saturated heterocycles. The molecule has 0 unspecified atom stereocenters. The molecule has 0 saturated carbocycles. The van der Waals surface area contributed by atoms with Crippen LogP contribution in [0.1, 0.15) is 49.9 Å². The lowest BCUT2D eigenvalue weighted by molar-refractivity contribution is 0.660. The lowest BCUT2D eigenvalue weighted by Gasteiger charge is -2.24. The van der Waals surface area contributed by atoms with Gasteiger partial charge in [-0.15, -0.1) is 0 Å². The molecule has 0 aromatic heterocycles. The monoisotopic (exact) mass is 653 g/mol. The first kappa shape index (κ1) is 29.9. The summed E-state index contributed by atoms with van der Waals surface area (Å²) in [7, 11) is 0. The van der Waals surface area contributed by atoms with E-state index in [1.165, 1.54) is 88.3 Å². The second kappa shape index (κ2) is 10.8. The van der Waals surface area contributed by atoms with Crippen molar-refractivity contribution in [3.63, 3.8) is 0 Å². The van der Waals surface area contributed by atoms with Crippen LogP contribution < -0.4 is 5.32 Å². The van der Waals surface area contributed by atoms with Crippen molar-refractivity contribution in [2.75, 3.05) is 5.32 Å². The van der Waals surface area contributed by atoms with Gasteiger partial charge in [0.25, 0.3) is 0 Å². The predicted octanol–water partition coefficient (Wildman–Crippen LogP) is 13.7. The number of fused-ring (bicyclic) bond motifs is 9. The highest BCUT2D eigenvalue weighted by Crippen LogP contribution is 2.53. The molecule has 0 atom stereocenters. The molecule has 8 aromatic rings. The van der Waals surface area contributed by atoms with Crippen LogP contribution in [-0.2, 0) is 10.8 Å². The minimum atomic E-state index is -0.136. The molecular formula is C50H39N. The molecule has 2 aliphatic rings. The van der Waals surface area contributed by atoms with E-state index in [2.05, 4.69) is 191 Å². The van der Waals surface area contributed by atoms with E-state index in [0.29, 0.717) is 0 Å². The summed E-state index contributed by atoms with van der Waals surface area (Å²) >= 11 is 0. The van der Waals surface area contributed by atoms with Crippen molar-refractivity contribution < 1.29 is 0 Å². The molecule has 0 fully saturated rings. The standard InChI is InChI=1S/C50H39N/c1-49(2)45-27-32(31-12-6-5-7-13-31)18-22-40(45)42-24-20-35(29-47(42)49)51-36-21-25-43-41-23-19-34(28-46(41)50(3,4)48(43)30-36)44-26-33-14-8-9-15-37(33)38-16-10-11-17-39(38)44/h5-30,51H,1-4H3. The summed E-state index contributed by atoms with van der Waals surface area (Å²) in [4.78, 5) is 0. The van der Waals surface area contributed by atoms with Gasteiger partial charge in [0.1, 0.15) is 0 Å². The molecule has 0 heterocycles. The van der Waals surface area contributed by atoms with Crippen molar-refractivity contribution in [2.24, 2.45) is 0 Å². The van der Waals surface area contributed by atoms with Crippen molar-refractivity contribution in [2.45, 2.75) is 38.5 Å². The molecule has 244 valence electrons. The molecular weight excluding hydrogens is 615 g/mol. The summed E-state index contributed by atoms with van der Waals surface area (Å²) in [5.74, 6) is 0. The minimum Gasteiger partial charge on any atom is -0.356 e. The lowest BCUT2D eigenvalue weighted by Crippen LogP contribution is -2.15. The average molecular weight is 654 g/mol. The van der Waals surface area contributed by atoms with E-state index in [1.54, 1.807) is 0 Å². The van der Waals surface area contributed by atoms with Gasteiger partial charge in [-0.3, -0.25) is 0 Å². The lowest BCUT2D eigenvalue weighted by atomic mass is 9.81. The Morgan fingerprint density at radius 2 is 0.804 bits per heavy atom. The van der Waals surface area contributed by atoms with E-state index < -0.39 is 0 Å². The Kier molecular flexibility index (Phi) is 6.34. The van der Waals surface area contributed by atoms with Crippen LogP contribution in [0.4, 0.5) is 11.4 Å². The van der Waals surface area contributed by atoms with Gasteiger partial charge < -0.3 is 5.32 Å². The van der Waals surface area contributed by atoms with E-state index >= 15 is 0 Å². The fourth-order valence-corrected chi connectivity index (χ4v) is 9.07. The number of nitrogens with one attached hydrogen (secondary N) is 1. The van der Waals surface area contributed by atoms with Gasteiger partial charge in [-0.25, -0.2) is 0 Å². The van der Waals surface area contributed by atoms with E-state index in [4.69, 9.17) is 0 Å². The van der Waals surface area contributed by atoms with E-state index in [-0.39, 0.29) is 10.8 Å². The zero-order chi connectivity index (χ0) is 34.5. The van der Waals surface area contributed by atoms with Crippen LogP contribution in [0, 0.1) is 0 Å². The quantitative estimate of drug-likeness (QED) is 0.186. The Bertz CT molecular complexity index is 2710. The van der Waals surface area contributed by atoms with Crippen molar-refractivity contribution in [3.8, 4) is 44.5 Å². The van der Waals surface area contributed by atoms with Crippen molar-refractivity contribution in [1.29, 1.82) is 0 Å². The second-order valence-electron chi connectivity index (χ2n) is 15.5. The number of rotatable bonds is 4. The van der Waals surface area contributed by atoms with Gasteiger partial charge in [-0.1, -0.05) is 143 Å². The first-order valence-electron chi connectivity index (χ1n) is 18.1. The summed E-state index contributed by atoms with van der Waals surface area (Å²) in [5.41, 5.74) is 18.0. The zero-order valence-electron chi connectivity index (χ0n) is 29.5. The highest BCUT2D eigenvalue weighted by atomic mass is 14.9. The SMILES string of the molecule is CC1(C)c2cc(Nc3ccc4c(c3)C(C)(C)c3cc(-c5cc6ccccc6c6ccccc56)ccc3-4)ccc2-c2ccc(-c3ccccc3)cc21. The molecule has 1 N–H and O–H groups in total. The predicted molar refractivity (Wildman–Crippen MR) is 217 cm³/mol. The number of anilines is 2. The summed E-state index contributed by atoms with van der Waals surface area (Å²) in [6.45, 7) is 9.48. The Labute approximate surface area is 300 Å². The fraction of sp³-hybridized carbons (Fsp3) is 0.120. The summed E-state index contributed by atoms with van der Waals surface area (Å²) in [5, 5.41) is 8.99. The third kappa shape index (κ3) is 4.47. The molecule has 10 rings (SSSR count). The molecule has 0 aliphatic heterocycles. The molecule has 51 heavy (non-hydrogen) atoms. The minimum absolute atomic E-state index is 0.0945. The highest BCUT2D eigenvalue weighted by molar-refractivity contribution is 6.14. The van der Waals surface area contributed by atoms with Crippen LogP contribution in [0.3, 0.4) is 0 Å². The van der Waals surface area contributed by atoms with Crippen LogP contribution >= 0.6 is 0 Å². The summed E-state index contributed by atoms with van der Waals surface area (Å²) in [6.07, 6.45) is 0. The summed E-state index contributed by atoms with van der Waals surface area (Å²) < 4.78 is 0. The van der Waals surface area contributed by atoms with Gasteiger partial charge in [0.15, 0.2) is 0 Å². The number of hydrogen-bond acceptors (Lipinski definition) is 1. The van der Waals surface area contributed by atoms with Gasteiger partial charge >= 0.3 is 0 Å². The molecule has 0 amide bonds. The van der Waals surface area contributed by atoms with E-state index in [0.717, 1.165) is 11.4 Å². The van der Waals surface area contributed by atoms with E-state index in [1.807, 2.05) is 0 Å². The first-order valence-corrected chi connectivity index (χ1v) is 18.1. The Morgan fingerprint density at radius 1 is 0.333 bits per heavy atom. The van der Waals surface area contributed by atoms with Gasteiger partial charge in [-0.2, -0.15) is 0 Å². The number of benzene rings is 8. The second-order valence-corrected chi connectivity index (χ2v) is 15.5. The van der Waals surface area contributed by atoms with Gasteiger partial charge in [0, 0.05) is 22.2 Å². The van der Waals surface area contributed by atoms with Crippen LogP contribution in [-0.4, -0.2) is 0 Å². The molecule has 2 aliphatic carbocycles.